The highest BCUT2D eigenvalue weighted by Gasteiger charge is 2.10. The zero-order chi connectivity index (χ0) is 12.3. The van der Waals surface area contributed by atoms with Crippen LogP contribution < -0.4 is 9.47 Å². The molecular formula is C13H16N2O2. The topological polar surface area (TPSA) is 44.2 Å². The normalized spacial score (nSPS) is 10.5. The molecule has 17 heavy (non-hydrogen) atoms. The Bertz CT molecular complexity index is 526. The second-order valence-corrected chi connectivity index (χ2v) is 3.63. The summed E-state index contributed by atoms with van der Waals surface area (Å²) in [7, 11) is 1.63. The van der Waals surface area contributed by atoms with E-state index in [0.29, 0.717) is 12.4 Å². The third-order valence-corrected chi connectivity index (χ3v) is 2.64. The number of hydrogen-bond acceptors (Lipinski definition) is 4. The van der Waals surface area contributed by atoms with Crippen LogP contribution in [0, 0.1) is 0 Å². The van der Waals surface area contributed by atoms with Gasteiger partial charge in [0.2, 0.25) is 0 Å². The fourth-order valence-corrected chi connectivity index (χ4v) is 1.83. The van der Waals surface area contributed by atoms with Gasteiger partial charge in [-0.05, 0) is 19.4 Å². The summed E-state index contributed by atoms with van der Waals surface area (Å²) < 4.78 is 10.8. The Hall–Kier alpha value is -1.84. The fraction of sp³-hybridized carbons (Fsp3) is 0.385. The zero-order valence-electron chi connectivity index (χ0n) is 10.4. The van der Waals surface area contributed by atoms with Gasteiger partial charge in [0.25, 0.3) is 0 Å². The third kappa shape index (κ3) is 2.16. The van der Waals surface area contributed by atoms with Crippen molar-refractivity contribution in [2.45, 2.75) is 20.3 Å². The Kier molecular flexibility index (Phi) is 3.42. The lowest BCUT2D eigenvalue weighted by molar-refractivity contribution is 0.311. The summed E-state index contributed by atoms with van der Waals surface area (Å²) in [6.45, 7) is 4.63. The molecule has 0 aliphatic heterocycles. The SMILES string of the molecule is CCOc1cc2c(CC)ncnc2cc1OC. The molecule has 1 heterocycles. The fourth-order valence-electron chi connectivity index (χ4n) is 1.83. The van der Waals surface area contributed by atoms with Crippen molar-refractivity contribution in [1.82, 2.24) is 9.97 Å². The molecule has 1 aromatic heterocycles. The molecule has 0 spiro atoms. The highest BCUT2D eigenvalue weighted by molar-refractivity contribution is 5.84. The number of nitrogens with zero attached hydrogens (tertiary/aromatic N) is 2. The molecule has 0 bridgehead atoms. The molecule has 0 amide bonds. The van der Waals surface area contributed by atoms with Gasteiger partial charge in [-0.15, -0.1) is 0 Å². The van der Waals surface area contributed by atoms with E-state index in [1.807, 2.05) is 19.1 Å². The monoisotopic (exact) mass is 232 g/mol. The quantitative estimate of drug-likeness (QED) is 0.812. The molecule has 90 valence electrons. The molecule has 2 aromatic rings. The molecule has 2 rings (SSSR count). The van der Waals surface area contributed by atoms with Crippen LogP contribution in [0.4, 0.5) is 0 Å². The largest absolute Gasteiger partial charge is 0.493 e. The summed E-state index contributed by atoms with van der Waals surface area (Å²) in [6, 6.07) is 3.84. The van der Waals surface area contributed by atoms with Crippen LogP contribution in [-0.2, 0) is 6.42 Å². The van der Waals surface area contributed by atoms with Gasteiger partial charge in [0.15, 0.2) is 11.5 Å². The molecule has 4 heteroatoms. The first-order valence-corrected chi connectivity index (χ1v) is 5.74. The van der Waals surface area contributed by atoms with Crippen LogP contribution in [0.25, 0.3) is 10.9 Å². The first-order valence-electron chi connectivity index (χ1n) is 5.74. The molecule has 0 aliphatic rings. The first kappa shape index (κ1) is 11.6. The van der Waals surface area contributed by atoms with Crippen molar-refractivity contribution in [3.05, 3.63) is 24.2 Å². The van der Waals surface area contributed by atoms with Crippen molar-refractivity contribution in [1.29, 1.82) is 0 Å². The summed E-state index contributed by atoms with van der Waals surface area (Å²) in [5, 5.41) is 1.03. The maximum absolute atomic E-state index is 5.55. The summed E-state index contributed by atoms with van der Waals surface area (Å²) in [5.41, 5.74) is 1.91. The second kappa shape index (κ2) is 4.99. The minimum atomic E-state index is 0.608. The van der Waals surface area contributed by atoms with Crippen molar-refractivity contribution in [2.75, 3.05) is 13.7 Å². The van der Waals surface area contributed by atoms with Gasteiger partial charge < -0.3 is 9.47 Å². The van der Waals surface area contributed by atoms with E-state index in [2.05, 4.69) is 16.9 Å². The van der Waals surface area contributed by atoms with Gasteiger partial charge in [0.05, 0.1) is 24.9 Å². The van der Waals surface area contributed by atoms with E-state index in [0.717, 1.165) is 28.8 Å². The van der Waals surface area contributed by atoms with Crippen molar-refractivity contribution >= 4 is 10.9 Å². The van der Waals surface area contributed by atoms with Crippen LogP contribution in [0.2, 0.25) is 0 Å². The smallest absolute Gasteiger partial charge is 0.162 e. The Morgan fingerprint density at radius 2 is 1.94 bits per heavy atom. The lowest BCUT2D eigenvalue weighted by Crippen LogP contribution is -1.98. The molecule has 0 fully saturated rings. The molecule has 0 atom stereocenters. The predicted octanol–water partition coefficient (Wildman–Crippen LogP) is 2.60. The number of hydrogen-bond donors (Lipinski definition) is 0. The summed E-state index contributed by atoms with van der Waals surface area (Å²) in [5.74, 6) is 1.45. The van der Waals surface area contributed by atoms with Gasteiger partial charge in [-0.25, -0.2) is 9.97 Å². The summed E-state index contributed by atoms with van der Waals surface area (Å²) in [4.78, 5) is 8.53. The van der Waals surface area contributed by atoms with Gasteiger partial charge in [0.1, 0.15) is 6.33 Å². The number of methoxy groups -OCH3 is 1. The van der Waals surface area contributed by atoms with Crippen LogP contribution in [0.5, 0.6) is 11.5 Å². The molecule has 0 saturated heterocycles. The lowest BCUT2D eigenvalue weighted by atomic mass is 10.1. The molecule has 4 nitrogen and oxygen atoms in total. The average molecular weight is 232 g/mol. The van der Waals surface area contributed by atoms with Gasteiger partial charge in [-0.2, -0.15) is 0 Å². The standard InChI is InChI=1S/C13H16N2O2/c1-4-10-9-6-13(17-5-2)12(16-3)7-11(9)15-8-14-10/h6-8H,4-5H2,1-3H3. The van der Waals surface area contributed by atoms with E-state index in [1.165, 1.54) is 0 Å². The van der Waals surface area contributed by atoms with Crippen LogP contribution in [-0.4, -0.2) is 23.7 Å². The highest BCUT2D eigenvalue weighted by Crippen LogP contribution is 2.32. The van der Waals surface area contributed by atoms with Crippen LogP contribution in [0.3, 0.4) is 0 Å². The Morgan fingerprint density at radius 3 is 2.59 bits per heavy atom. The third-order valence-electron chi connectivity index (χ3n) is 2.64. The molecule has 1 aromatic carbocycles. The number of aryl methyl sites for hydroxylation is 1. The Morgan fingerprint density at radius 1 is 1.12 bits per heavy atom. The summed E-state index contributed by atoms with van der Waals surface area (Å²) >= 11 is 0. The molecule has 0 saturated carbocycles. The zero-order valence-corrected chi connectivity index (χ0v) is 10.4. The van der Waals surface area contributed by atoms with Crippen LogP contribution >= 0.6 is 0 Å². The maximum atomic E-state index is 5.55. The van der Waals surface area contributed by atoms with Crippen molar-refractivity contribution in [3.63, 3.8) is 0 Å². The predicted molar refractivity (Wildman–Crippen MR) is 66.6 cm³/mol. The van der Waals surface area contributed by atoms with E-state index in [-0.39, 0.29) is 0 Å². The molecular weight excluding hydrogens is 216 g/mol. The van der Waals surface area contributed by atoms with Crippen molar-refractivity contribution in [2.24, 2.45) is 0 Å². The van der Waals surface area contributed by atoms with E-state index >= 15 is 0 Å². The van der Waals surface area contributed by atoms with E-state index < -0.39 is 0 Å². The van der Waals surface area contributed by atoms with Crippen molar-refractivity contribution in [3.8, 4) is 11.5 Å². The number of ether oxygens (including phenoxy) is 2. The van der Waals surface area contributed by atoms with Gasteiger partial charge in [0, 0.05) is 11.5 Å². The number of fused-ring (bicyclic) bond motifs is 1. The van der Waals surface area contributed by atoms with Crippen LogP contribution in [0.1, 0.15) is 19.5 Å². The molecule has 0 unspecified atom stereocenters. The number of aromatic nitrogens is 2. The number of rotatable bonds is 4. The van der Waals surface area contributed by atoms with Crippen LogP contribution in [0.15, 0.2) is 18.5 Å². The van der Waals surface area contributed by atoms with Gasteiger partial charge in [-0.3, -0.25) is 0 Å². The lowest BCUT2D eigenvalue weighted by Gasteiger charge is -2.11. The number of benzene rings is 1. The Balaban J connectivity index is 2.65. The van der Waals surface area contributed by atoms with Gasteiger partial charge in [-0.1, -0.05) is 6.92 Å². The van der Waals surface area contributed by atoms with E-state index in [9.17, 15) is 0 Å². The van der Waals surface area contributed by atoms with Crippen molar-refractivity contribution < 1.29 is 9.47 Å². The summed E-state index contributed by atoms with van der Waals surface area (Å²) in [6.07, 6.45) is 2.46. The second-order valence-electron chi connectivity index (χ2n) is 3.63. The molecule has 0 N–H and O–H groups in total. The minimum absolute atomic E-state index is 0.608. The first-order chi connectivity index (χ1) is 8.30. The van der Waals surface area contributed by atoms with Gasteiger partial charge >= 0.3 is 0 Å². The highest BCUT2D eigenvalue weighted by atomic mass is 16.5. The Labute approximate surface area is 101 Å². The maximum Gasteiger partial charge on any atom is 0.162 e. The minimum Gasteiger partial charge on any atom is -0.493 e. The molecule has 0 aliphatic carbocycles. The average Bonchev–Trinajstić information content (AvgIpc) is 2.37. The molecule has 0 radical (unpaired) electrons. The van der Waals surface area contributed by atoms with E-state index in [4.69, 9.17) is 9.47 Å². The van der Waals surface area contributed by atoms with E-state index in [1.54, 1.807) is 13.4 Å².